The number of allylic oxidation sites excluding steroid dienone is 1. The first-order valence-electron chi connectivity index (χ1n) is 6.90. The van der Waals surface area contributed by atoms with Crippen molar-refractivity contribution in [3.8, 4) is 0 Å². The summed E-state index contributed by atoms with van der Waals surface area (Å²) in [4.78, 5) is 0. The Labute approximate surface area is 117 Å². The molecule has 0 saturated carbocycles. The van der Waals surface area contributed by atoms with E-state index in [4.69, 9.17) is 0 Å². The summed E-state index contributed by atoms with van der Waals surface area (Å²) in [5, 5.41) is 5.23. The fourth-order valence-electron chi connectivity index (χ4n) is 3.14. The van der Waals surface area contributed by atoms with Crippen molar-refractivity contribution in [3.63, 3.8) is 0 Å². The van der Waals surface area contributed by atoms with Gasteiger partial charge in [-0.3, -0.25) is 0 Å². The molecule has 0 unspecified atom stereocenters. The van der Waals surface area contributed by atoms with E-state index in [0.29, 0.717) is 0 Å². The fraction of sp³-hybridized carbons (Fsp3) is 0.0526. The van der Waals surface area contributed by atoms with Gasteiger partial charge in [0, 0.05) is 28.2 Å². The summed E-state index contributed by atoms with van der Waals surface area (Å²) in [5.41, 5.74) is 2.59. The molecule has 20 heavy (non-hydrogen) atoms. The lowest BCUT2D eigenvalue weighted by Crippen LogP contribution is -1.94. The maximum absolute atomic E-state index is 3.91. The van der Waals surface area contributed by atoms with Crippen LogP contribution in [-0.2, 0) is 6.54 Å². The second kappa shape index (κ2) is 4.24. The van der Waals surface area contributed by atoms with Gasteiger partial charge in [-0.15, -0.1) is 6.58 Å². The highest BCUT2D eigenvalue weighted by Crippen LogP contribution is 2.33. The monoisotopic (exact) mass is 257 g/mol. The van der Waals surface area contributed by atoms with Gasteiger partial charge in [0.1, 0.15) is 0 Å². The van der Waals surface area contributed by atoms with Crippen LogP contribution in [0.1, 0.15) is 0 Å². The summed E-state index contributed by atoms with van der Waals surface area (Å²) in [6.45, 7) is 4.74. The smallest absolute Gasteiger partial charge is 0.0574 e. The van der Waals surface area contributed by atoms with Crippen LogP contribution in [-0.4, -0.2) is 4.57 Å². The van der Waals surface area contributed by atoms with Crippen LogP contribution in [0.5, 0.6) is 0 Å². The average Bonchev–Trinajstić information content (AvgIpc) is 2.83. The number of aromatic nitrogens is 1. The average molecular weight is 257 g/mol. The zero-order valence-electron chi connectivity index (χ0n) is 11.2. The third kappa shape index (κ3) is 1.44. The zero-order valence-corrected chi connectivity index (χ0v) is 11.2. The van der Waals surface area contributed by atoms with Crippen molar-refractivity contribution in [1.29, 1.82) is 0 Å². The van der Waals surface area contributed by atoms with Gasteiger partial charge in [0.05, 0.1) is 5.52 Å². The predicted molar refractivity (Wildman–Crippen MR) is 87.1 cm³/mol. The van der Waals surface area contributed by atoms with Gasteiger partial charge in [-0.2, -0.15) is 0 Å². The van der Waals surface area contributed by atoms with E-state index >= 15 is 0 Å². The quantitative estimate of drug-likeness (QED) is 0.438. The Morgan fingerprint density at radius 1 is 0.800 bits per heavy atom. The molecule has 0 aliphatic heterocycles. The highest BCUT2D eigenvalue weighted by atomic mass is 15.0. The summed E-state index contributed by atoms with van der Waals surface area (Å²) in [6, 6.07) is 21.6. The molecular formula is C19H15N. The van der Waals surface area contributed by atoms with Crippen molar-refractivity contribution in [2.75, 3.05) is 0 Å². The Bertz CT molecular complexity index is 944. The lowest BCUT2D eigenvalue weighted by atomic mass is 10.1. The number of fused-ring (bicyclic) bond motifs is 5. The first kappa shape index (κ1) is 11.3. The Balaban J connectivity index is 2.32. The van der Waals surface area contributed by atoms with Gasteiger partial charge < -0.3 is 4.57 Å². The van der Waals surface area contributed by atoms with Crippen molar-refractivity contribution in [3.05, 3.63) is 73.3 Å². The summed E-state index contributed by atoms with van der Waals surface area (Å²) in [7, 11) is 0. The third-order valence-corrected chi connectivity index (χ3v) is 3.97. The summed E-state index contributed by atoms with van der Waals surface area (Å²) in [5.74, 6) is 0. The molecule has 0 aliphatic rings. The Hall–Kier alpha value is -2.54. The van der Waals surface area contributed by atoms with Crippen LogP contribution in [0.15, 0.2) is 73.3 Å². The van der Waals surface area contributed by atoms with Gasteiger partial charge in [0.2, 0.25) is 0 Å². The van der Waals surface area contributed by atoms with Crippen molar-refractivity contribution < 1.29 is 0 Å². The Kier molecular flexibility index (Phi) is 2.40. The van der Waals surface area contributed by atoms with E-state index in [9.17, 15) is 0 Å². The Morgan fingerprint density at radius 2 is 1.55 bits per heavy atom. The van der Waals surface area contributed by atoms with E-state index < -0.39 is 0 Å². The summed E-state index contributed by atoms with van der Waals surface area (Å²) >= 11 is 0. The van der Waals surface area contributed by atoms with Crippen molar-refractivity contribution >= 4 is 32.6 Å². The molecule has 1 aromatic heterocycles. The molecule has 0 amide bonds. The molecule has 0 saturated heterocycles. The van der Waals surface area contributed by atoms with E-state index in [-0.39, 0.29) is 0 Å². The standard InChI is InChI=1S/C19H15N/c1-2-13-20-18-10-6-5-9-16(18)17-12-11-14-7-3-4-8-15(14)19(17)20/h2-12H,1,13H2. The Morgan fingerprint density at radius 3 is 2.40 bits per heavy atom. The number of para-hydroxylation sites is 1. The third-order valence-electron chi connectivity index (χ3n) is 3.97. The van der Waals surface area contributed by atoms with Crippen LogP contribution >= 0.6 is 0 Å². The lowest BCUT2D eigenvalue weighted by molar-refractivity contribution is 0.904. The summed E-state index contributed by atoms with van der Waals surface area (Å²) in [6.07, 6.45) is 1.97. The molecule has 1 heterocycles. The van der Waals surface area contributed by atoms with Crippen LogP contribution < -0.4 is 0 Å². The van der Waals surface area contributed by atoms with Gasteiger partial charge in [-0.05, 0) is 11.5 Å². The van der Waals surface area contributed by atoms with E-state index in [1.807, 2.05) is 6.08 Å². The van der Waals surface area contributed by atoms with Crippen LogP contribution in [0.25, 0.3) is 32.6 Å². The highest BCUT2D eigenvalue weighted by Gasteiger charge is 2.11. The zero-order chi connectivity index (χ0) is 13.5. The minimum absolute atomic E-state index is 0.831. The first-order valence-corrected chi connectivity index (χ1v) is 6.90. The molecule has 3 aromatic carbocycles. The van der Waals surface area contributed by atoms with Gasteiger partial charge in [0.25, 0.3) is 0 Å². The molecule has 0 bridgehead atoms. The largest absolute Gasteiger partial charge is 0.336 e. The molecular weight excluding hydrogens is 242 g/mol. The second-order valence-corrected chi connectivity index (χ2v) is 5.10. The van der Waals surface area contributed by atoms with Crippen molar-refractivity contribution in [2.45, 2.75) is 6.54 Å². The normalized spacial score (nSPS) is 11.4. The second-order valence-electron chi connectivity index (χ2n) is 5.10. The van der Waals surface area contributed by atoms with Crippen molar-refractivity contribution in [2.24, 2.45) is 0 Å². The number of hydrogen-bond donors (Lipinski definition) is 0. The number of hydrogen-bond acceptors (Lipinski definition) is 0. The maximum Gasteiger partial charge on any atom is 0.0574 e. The number of rotatable bonds is 2. The summed E-state index contributed by atoms with van der Waals surface area (Å²) < 4.78 is 2.36. The minimum atomic E-state index is 0.831. The number of nitrogens with zero attached hydrogens (tertiary/aromatic N) is 1. The lowest BCUT2D eigenvalue weighted by Gasteiger charge is -2.06. The van der Waals surface area contributed by atoms with Gasteiger partial charge >= 0.3 is 0 Å². The van der Waals surface area contributed by atoms with Gasteiger partial charge in [-0.25, -0.2) is 0 Å². The molecule has 96 valence electrons. The topological polar surface area (TPSA) is 4.93 Å². The van der Waals surface area contributed by atoms with E-state index in [2.05, 4.69) is 71.8 Å². The highest BCUT2D eigenvalue weighted by molar-refractivity contribution is 6.17. The van der Waals surface area contributed by atoms with E-state index in [0.717, 1.165) is 6.54 Å². The minimum Gasteiger partial charge on any atom is -0.336 e. The SMILES string of the molecule is C=CCn1c2ccccc2c2ccc3ccccc3c21. The molecule has 4 aromatic rings. The van der Waals surface area contributed by atoms with Crippen molar-refractivity contribution in [1.82, 2.24) is 4.57 Å². The van der Waals surface area contributed by atoms with E-state index in [1.165, 1.54) is 32.6 Å². The van der Waals surface area contributed by atoms with Gasteiger partial charge in [0.15, 0.2) is 0 Å². The molecule has 0 atom stereocenters. The molecule has 4 rings (SSSR count). The molecule has 0 radical (unpaired) electrons. The predicted octanol–water partition coefficient (Wildman–Crippen LogP) is 5.13. The van der Waals surface area contributed by atoms with Gasteiger partial charge in [-0.1, -0.05) is 60.7 Å². The molecule has 0 aliphatic carbocycles. The maximum atomic E-state index is 3.91. The van der Waals surface area contributed by atoms with E-state index in [1.54, 1.807) is 0 Å². The molecule has 1 nitrogen and oxygen atoms in total. The van der Waals surface area contributed by atoms with Crippen LogP contribution in [0.4, 0.5) is 0 Å². The van der Waals surface area contributed by atoms with Crippen LogP contribution in [0.3, 0.4) is 0 Å². The van der Waals surface area contributed by atoms with Crippen LogP contribution in [0.2, 0.25) is 0 Å². The molecule has 1 heteroatoms. The molecule has 0 fully saturated rings. The molecule has 0 N–H and O–H groups in total. The fourth-order valence-corrected chi connectivity index (χ4v) is 3.14. The molecule has 0 spiro atoms. The first-order chi connectivity index (χ1) is 9.90. The number of benzene rings is 3. The van der Waals surface area contributed by atoms with Crippen LogP contribution in [0, 0.1) is 0 Å².